The molecule has 1 aliphatic rings. The number of terminal acetylenes is 1. The maximum atomic E-state index is 10.7. The van der Waals surface area contributed by atoms with E-state index in [4.69, 9.17) is 16.3 Å². The van der Waals surface area contributed by atoms with Gasteiger partial charge in [-0.15, -0.1) is 6.42 Å². The van der Waals surface area contributed by atoms with Crippen LogP contribution >= 0.6 is 0 Å². The normalized spacial score (nSPS) is 26.8. The Labute approximate surface area is 71.1 Å². The van der Waals surface area contributed by atoms with Crippen molar-refractivity contribution in [1.29, 1.82) is 0 Å². The van der Waals surface area contributed by atoms with E-state index in [1.165, 1.54) is 0 Å². The number of rotatable bonds is 0. The predicted molar refractivity (Wildman–Crippen MR) is 42.5 cm³/mol. The van der Waals surface area contributed by atoms with Gasteiger partial charge in [-0.1, -0.05) is 5.92 Å². The molecule has 0 unspecified atom stereocenters. The molecule has 4 nitrogen and oxygen atoms in total. The van der Waals surface area contributed by atoms with Crippen LogP contribution < -0.4 is 0 Å². The third-order valence-electron chi connectivity index (χ3n) is 1.88. The van der Waals surface area contributed by atoms with Gasteiger partial charge in [-0.25, -0.2) is 4.79 Å². The molecule has 4 heteroatoms. The third kappa shape index (κ3) is 1.23. The lowest BCUT2D eigenvalue weighted by Crippen LogP contribution is -2.46. The van der Waals surface area contributed by atoms with Gasteiger partial charge in [-0.05, 0) is 13.8 Å². The number of hydrogen-bond acceptors (Lipinski definition) is 2. The van der Waals surface area contributed by atoms with Gasteiger partial charge in [0.15, 0.2) is 0 Å². The first-order chi connectivity index (χ1) is 5.49. The molecule has 1 heterocycles. The van der Waals surface area contributed by atoms with Crippen LogP contribution in [-0.4, -0.2) is 34.5 Å². The highest BCUT2D eigenvalue weighted by atomic mass is 16.5. The Kier molecular flexibility index (Phi) is 1.99. The Hall–Kier alpha value is -1.21. The smallest absolute Gasteiger partial charge is 0.410 e. The molecule has 1 fully saturated rings. The molecule has 0 aliphatic carbocycles. The van der Waals surface area contributed by atoms with Crippen molar-refractivity contribution in [3.8, 4) is 12.3 Å². The number of nitrogens with zero attached hydrogens (tertiary/aromatic N) is 1. The number of carboxylic acid groups (broad SMARTS) is 1. The molecular formula is C8H11NO3. The van der Waals surface area contributed by atoms with Gasteiger partial charge in [0.05, 0.1) is 6.61 Å². The summed E-state index contributed by atoms with van der Waals surface area (Å²) in [6, 6.07) is -0.461. The molecule has 1 amide bonds. The lowest BCUT2D eigenvalue weighted by Gasteiger charge is -2.28. The van der Waals surface area contributed by atoms with Gasteiger partial charge in [0.2, 0.25) is 0 Å². The van der Waals surface area contributed by atoms with Crippen LogP contribution in [0.15, 0.2) is 0 Å². The van der Waals surface area contributed by atoms with Crippen molar-refractivity contribution >= 4 is 6.09 Å². The number of hydrogen-bond donors (Lipinski definition) is 1. The minimum atomic E-state index is -1.04. The first kappa shape index (κ1) is 8.88. The van der Waals surface area contributed by atoms with Crippen LogP contribution in [0.3, 0.4) is 0 Å². The number of carbonyl (C=O) groups is 1. The molecule has 0 aromatic carbocycles. The summed E-state index contributed by atoms with van der Waals surface area (Å²) in [5.41, 5.74) is -0.803. The molecule has 1 atom stereocenters. The molecule has 12 heavy (non-hydrogen) atoms. The first-order valence-corrected chi connectivity index (χ1v) is 3.61. The van der Waals surface area contributed by atoms with E-state index in [9.17, 15) is 4.79 Å². The maximum absolute atomic E-state index is 10.7. The Morgan fingerprint density at radius 1 is 1.83 bits per heavy atom. The molecule has 0 saturated carbocycles. The third-order valence-corrected chi connectivity index (χ3v) is 1.88. The topological polar surface area (TPSA) is 49.8 Å². The van der Waals surface area contributed by atoms with Crippen LogP contribution in [0.4, 0.5) is 4.79 Å². The zero-order chi connectivity index (χ0) is 9.35. The maximum Gasteiger partial charge on any atom is 0.410 e. The molecule has 0 bridgehead atoms. The first-order valence-electron chi connectivity index (χ1n) is 3.61. The van der Waals surface area contributed by atoms with E-state index in [-0.39, 0.29) is 6.61 Å². The fraction of sp³-hybridized carbons (Fsp3) is 0.625. The van der Waals surface area contributed by atoms with Crippen LogP contribution in [0, 0.1) is 12.3 Å². The minimum Gasteiger partial charge on any atom is -0.465 e. The summed E-state index contributed by atoms with van der Waals surface area (Å²) in [4.78, 5) is 11.9. The lowest BCUT2D eigenvalue weighted by molar-refractivity contribution is -0.0407. The average molecular weight is 169 g/mol. The van der Waals surface area contributed by atoms with Gasteiger partial charge in [0, 0.05) is 0 Å². The average Bonchev–Trinajstić information content (AvgIpc) is 2.24. The van der Waals surface area contributed by atoms with Crippen molar-refractivity contribution in [2.24, 2.45) is 0 Å². The van der Waals surface area contributed by atoms with Crippen molar-refractivity contribution in [1.82, 2.24) is 4.90 Å². The zero-order valence-corrected chi connectivity index (χ0v) is 7.07. The standard InChI is InChI=1S/C8H11NO3/c1-4-6-5-12-8(2,3)9(6)7(10)11/h1,6H,5H2,2-3H3,(H,10,11)/t6-/m1/s1. The Balaban J connectivity index is 2.89. The SMILES string of the molecule is C#C[C@@H]1COC(C)(C)N1C(=O)O. The van der Waals surface area contributed by atoms with E-state index < -0.39 is 17.9 Å². The van der Waals surface area contributed by atoms with Gasteiger partial charge < -0.3 is 9.84 Å². The summed E-state index contributed by atoms with van der Waals surface area (Å²) in [5.74, 6) is 2.37. The zero-order valence-electron chi connectivity index (χ0n) is 7.07. The van der Waals surface area contributed by atoms with Crippen LogP contribution in [0.25, 0.3) is 0 Å². The second kappa shape index (κ2) is 2.68. The highest BCUT2D eigenvalue weighted by molar-refractivity contribution is 5.67. The molecule has 0 aromatic rings. The van der Waals surface area contributed by atoms with Crippen LogP contribution in [0.5, 0.6) is 0 Å². The largest absolute Gasteiger partial charge is 0.465 e. The number of ether oxygens (including phenoxy) is 1. The van der Waals surface area contributed by atoms with E-state index in [0.717, 1.165) is 4.90 Å². The van der Waals surface area contributed by atoms with E-state index in [0.29, 0.717) is 0 Å². The molecule has 1 rings (SSSR count). The molecule has 0 radical (unpaired) electrons. The Morgan fingerprint density at radius 2 is 2.42 bits per heavy atom. The van der Waals surface area contributed by atoms with Gasteiger partial charge in [-0.3, -0.25) is 4.90 Å². The van der Waals surface area contributed by atoms with Crippen LogP contribution in [0.2, 0.25) is 0 Å². The summed E-state index contributed by atoms with van der Waals surface area (Å²) in [7, 11) is 0. The van der Waals surface area contributed by atoms with Crippen LogP contribution in [0.1, 0.15) is 13.8 Å². The van der Waals surface area contributed by atoms with Gasteiger partial charge >= 0.3 is 6.09 Å². The molecular weight excluding hydrogens is 158 g/mol. The summed E-state index contributed by atoms with van der Waals surface area (Å²) < 4.78 is 5.22. The fourth-order valence-electron chi connectivity index (χ4n) is 1.29. The van der Waals surface area contributed by atoms with E-state index in [1.54, 1.807) is 13.8 Å². The Bertz CT molecular complexity index is 241. The molecule has 0 spiro atoms. The van der Waals surface area contributed by atoms with E-state index in [2.05, 4.69) is 5.92 Å². The molecule has 1 N–H and O–H groups in total. The predicted octanol–water partition coefficient (Wildman–Crippen LogP) is 0.734. The molecule has 66 valence electrons. The van der Waals surface area contributed by atoms with Crippen molar-refractivity contribution in [3.05, 3.63) is 0 Å². The van der Waals surface area contributed by atoms with Gasteiger partial charge in [-0.2, -0.15) is 0 Å². The summed E-state index contributed by atoms with van der Waals surface area (Å²) >= 11 is 0. The minimum absolute atomic E-state index is 0.274. The van der Waals surface area contributed by atoms with Crippen molar-refractivity contribution in [3.63, 3.8) is 0 Å². The van der Waals surface area contributed by atoms with E-state index >= 15 is 0 Å². The van der Waals surface area contributed by atoms with Crippen molar-refractivity contribution in [2.45, 2.75) is 25.6 Å². The van der Waals surface area contributed by atoms with Crippen LogP contribution in [-0.2, 0) is 4.74 Å². The molecule has 1 saturated heterocycles. The highest BCUT2D eigenvalue weighted by Gasteiger charge is 2.43. The second-order valence-corrected chi connectivity index (χ2v) is 3.09. The van der Waals surface area contributed by atoms with Gasteiger partial charge in [0.1, 0.15) is 11.8 Å². The summed E-state index contributed by atoms with van der Waals surface area (Å²) in [6.45, 7) is 3.63. The number of amides is 1. The highest BCUT2D eigenvalue weighted by Crippen LogP contribution is 2.26. The quantitative estimate of drug-likeness (QED) is 0.544. The molecule has 1 aliphatic heterocycles. The lowest BCUT2D eigenvalue weighted by atomic mass is 10.2. The summed E-state index contributed by atoms with van der Waals surface area (Å²) in [6.07, 6.45) is 4.11. The van der Waals surface area contributed by atoms with Gasteiger partial charge in [0.25, 0.3) is 0 Å². The van der Waals surface area contributed by atoms with Crippen molar-refractivity contribution in [2.75, 3.05) is 6.61 Å². The Morgan fingerprint density at radius 3 is 2.75 bits per heavy atom. The summed E-state index contributed by atoms with van der Waals surface area (Å²) in [5, 5.41) is 8.80. The molecule has 0 aromatic heterocycles. The second-order valence-electron chi connectivity index (χ2n) is 3.09. The van der Waals surface area contributed by atoms with Crippen molar-refractivity contribution < 1.29 is 14.6 Å². The monoisotopic (exact) mass is 169 g/mol. The fourth-order valence-corrected chi connectivity index (χ4v) is 1.29. The van der Waals surface area contributed by atoms with E-state index in [1.807, 2.05) is 0 Å².